The van der Waals surface area contributed by atoms with Crippen LogP contribution in [0.3, 0.4) is 0 Å². The molecule has 2 heterocycles. The molecule has 0 bridgehead atoms. The Bertz CT molecular complexity index is 936. The Morgan fingerprint density at radius 3 is 2.57 bits per heavy atom. The van der Waals surface area contributed by atoms with Crippen LogP contribution in [0, 0.1) is 12.8 Å². The number of aryl methyl sites for hydroxylation is 1. The quantitative estimate of drug-likeness (QED) is 0.704. The maximum absolute atomic E-state index is 12.2. The van der Waals surface area contributed by atoms with E-state index in [2.05, 4.69) is 42.7 Å². The van der Waals surface area contributed by atoms with E-state index in [4.69, 9.17) is 0 Å². The highest BCUT2D eigenvalue weighted by molar-refractivity contribution is 7.88. The summed E-state index contributed by atoms with van der Waals surface area (Å²) in [6.07, 6.45) is 9.27. The molecule has 2 aliphatic rings. The van der Waals surface area contributed by atoms with Gasteiger partial charge in [0.15, 0.2) is 0 Å². The first-order valence-corrected chi connectivity index (χ1v) is 12.5. The number of fused-ring (bicyclic) bond motifs is 1. The van der Waals surface area contributed by atoms with Crippen LogP contribution in [0.25, 0.3) is 5.57 Å². The molecule has 3 atom stereocenters. The third kappa shape index (κ3) is 4.78. The van der Waals surface area contributed by atoms with Crippen molar-refractivity contribution in [3.05, 3.63) is 65.8 Å². The summed E-state index contributed by atoms with van der Waals surface area (Å²) in [5, 5.41) is 10.0. The van der Waals surface area contributed by atoms with Gasteiger partial charge in [-0.1, -0.05) is 49.1 Å². The zero-order valence-corrected chi connectivity index (χ0v) is 19.1. The molecule has 0 unspecified atom stereocenters. The summed E-state index contributed by atoms with van der Waals surface area (Å²) in [6.45, 7) is 10.4. The van der Waals surface area contributed by atoms with E-state index in [-0.39, 0.29) is 24.6 Å². The minimum atomic E-state index is -3.24. The van der Waals surface area contributed by atoms with Crippen molar-refractivity contribution in [2.75, 3.05) is 32.5 Å². The molecule has 6 heteroatoms. The Morgan fingerprint density at radius 2 is 1.93 bits per heavy atom. The number of hydrogen-bond donors (Lipinski definition) is 1. The summed E-state index contributed by atoms with van der Waals surface area (Å²) in [5.74, 6) is 0.0450. The van der Waals surface area contributed by atoms with E-state index in [1.807, 2.05) is 25.1 Å². The number of hydrogen-bond acceptors (Lipinski definition) is 4. The summed E-state index contributed by atoms with van der Waals surface area (Å²) in [5.41, 5.74) is 4.47. The largest absolute Gasteiger partial charge is 0.395 e. The van der Waals surface area contributed by atoms with Crippen LogP contribution < -0.4 is 0 Å². The molecule has 0 spiro atoms. The van der Waals surface area contributed by atoms with Crippen molar-refractivity contribution in [2.24, 2.45) is 5.92 Å². The number of aliphatic hydroxyl groups is 1. The molecule has 1 aromatic carbocycles. The van der Waals surface area contributed by atoms with Crippen molar-refractivity contribution in [1.29, 1.82) is 0 Å². The van der Waals surface area contributed by atoms with Crippen molar-refractivity contribution < 1.29 is 13.5 Å². The normalized spacial score (nSPS) is 26.7. The third-order valence-corrected chi connectivity index (χ3v) is 7.74. The SMILES string of the molecule is C=C(/C=C\C(=C/C)c1ccccc1C)[C@@H]1[C@@H](CO)N2CCCCN(S(C)(=O)=O)C[C@@H]12. The second-order valence-electron chi connectivity index (χ2n) is 8.38. The van der Waals surface area contributed by atoms with Crippen molar-refractivity contribution in [2.45, 2.75) is 38.8 Å². The highest BCUT2D eigenvalue weighted by Gasteiger charge is 2.49. The van der Waals surface area contributed by atoms with Gasteiger partial charge in [-0.3, -0.25) is 4.90 Å². The van der Waals surface area contributed by atoms with Crippen LogP contribution in [0.15, 0.2) is 54.6 Å². The monoisotopic (exact) mass is 430 g/mol. The third-order valence-electron chi connectivity index (χ3n) is 6.47. The van der Waals surface area contributed by atoms with Crippen molar-refractivity contribution in [3.63, 3.8) is 0 Å². The molecule has 5 nitrogen and oxygen atoms in total. The van der Waals surface area contributed by atoms with Gasteiger partial charge < -0.3 is 5.11 Å². The van der Waals surface area contributed by atoms with E-state index in [0.717, 1.165) is 30.5 Å². The van der Waals surface area contributed by atoms with Crippen LogP contribution in [0.4, 0.5) is 0 Å². The van der Waals surface area contributed by atoms with Gasteiger partial charge in [0, 0.05) is 31.1 Å². The van der Waals surface area contributed by atoms with E-state index < -0.39 is 10.0 Å². The fourth-order valence-electron chi connectivity index (χ4n) is 4.81. The van der Waals surface area contributed by atoms with Crippen LogP contribution in [0.2, 0.25) is 0 Å². The lowest BCUT2D eigenvalue weighted by Crippen LogP contribution is -2.69. The molecule has 1 N–H and O–H groups in total. The zero-order valence-electron chi connectivity index (χ0n) is 18.3. The van der Waals surface area contributed by atoms with Gasteiger partial charge in [0.2, 0.25) is 10.0 Å². The topological polar surface area (TPSA) is 60.9 Å². The molecule has 2 fully saturated rings. The van der Waals surface area contributed by atoms with Gasteiger partial charge in [-0.25, -0.2) is 12.7 Å². The first-order valence-electron chi connectivity index (χ1n) is 10.7. The van der Waals surface area contributed by atoms with Crippen LogP contribution in [0.1, 0.15) is 30.9 Å². The van der Waals surface area contributed by atoms with E-state index in [9.17, 15) is 13.5 Å². The fourth-order valence-corrected chi connectivity index (χ4v) is 5.69. The van der Waals surface area contributed by atoms with Crippen molar-refractivity contribution in [1.82, 2.24) is 9.21 Å². The van der Waals surface area contributed by atoms with E-state index in [1.165, 1.54) is 17.4 Å². The number of allylic oxidation sites excluding steroid dienone is 4. The minimum absolute atomic E-state index is 0.000761. The number of rotatable bonds is 6. The molecule has 1 aromatic rings. The van der Waals surface area contributed by atoms with Gasteiger partial charge in [0.25, 0.3) is 0 Å². The standard InChI is InChI=1S/C24H34N2O3S/c1-5-20(21-11-7-6-10-18(21)2)13-12-19(3)24-22-16-25(30(4,28)29)14-8-9-15-26(22)23(24)17-27/h5-7,10-13,22-24,27H,3,8-9,14-17H2,1-2,4H3/b13-12-,20-5+/t22-,23+,24-/m0/s1. The Balaban J connectivity index is 1.81. The van der Waals surface area contributed by atoms with Crippen molar-refractivity contribution in [3.8, 4) is 0 Å². The first kappa shape index (κ1) is 22.9. The Hall–Kier alpha value is -1.73. The minimum Gasteiger partial charge on any atom is -0.395 e. The van der Waals surface area contributed by atoms with Crippen LogP contribution in [-0.2, 0) is 10.0 Å². The molecule has 3 rings (SSSR count). The van der Waals surface area contributed by atoms with Crippen molar-refractivity contribution >= 4 is 15.6 Å². The summed E-state index contributed by atoms with van der Waals surface area (Å²) in [7, 11) is -3.24. The Kier molecular flexibility index (Phi) is 7.34. The maximum Gasteiger partial charge on any atom is 0.211 e. The summed E-state index contributed by atoms with van der Waals surface area (Å²) in [6, 6.07) is 8.33. The average molecular weight is 431 g/mol. The van der Waals surface area contributed by atoms with E-state index >= 15 is 0 Å². The predicted molar refractivity (Wildman–Crippen MR) is 124 cm³/mol. The smallest absolute Gasteiger partial charge is 0.211 e. The fraction of sp³-hybridized carbons (Fsp3) is 0.500. The molecule has 2 aliphatic heterocycles. The van der Waals surface area contributed by atoms with Gasteiger partial charge in [0.05, 0.1) is 12.9 Å². The summed E-state index contributed by atoms with van der Waals surface area (Å²) >= 11 is 0. The number of aliphatic hydroxyl groups excluding tert-OH is 1. The van der Waals surface area contributed by atoms with Gasteiger partial charge in [-0.2, -0.15) is 0 Å². The lowest BCUT2D eigenvalue weighted by atomic mass is 9.74. The summed E-state index contributed by atoms with van der Waals surface area (Å²) in [4.78, 5) is 2.26. The molecule has 0 amide bonds. The molecule has 0 saturated carbocycles. The molecule has 164 valence electrons. The molecule has 0 aliphatic carbocycles. The lowest BCUT2D eigenvalue weighted by molar-refractivity contribution is -0.0734. The van der Waals surface area contributed by atoms with Crippen LogP contribution in [0.5, 0.6) is 0 Å². The van der Waals surface area contributed by atoms with Gasteiger partial charge in [0.1, 0.15) is 0 Å². The average Bonchev–Trinajstić information content (AvgIpc) is 2.67. The number of benzene rings is 1. The van der Waals surface area contributed by atoms with E-state index in [1.54, 1.807) is 4.31 Å². The Labute approximate surface area is 181 Å². The maximum atomic E-state index is 12.2. The first-order chi connectivity index (χ1) is 14.3. The zero-order chi connectivity index (χ0) is 21.9. The van der Waals surface area contributed by atoms with Crippen LogP contribution >= 0.6 is 0 Å². The van der Waals surface area contributed by atoms with Gasteiger partial charge >= 0.3 is 0 Å². The molecular formula is C24H34N2O3S. The highest BCUT2D eigenvalue weighted by Crippen LogP contribution is 2.39. The lowest BCUT2D eigenvalue weighted by Gasteiger charge is -2.57. The van der Waals surface area contributed by atoms with E-state index in [0.29, 0.717) is 13.1 Å². The Morgan fingerprint density at radius 1 is 1.23 bits per heavy atom. The van der Waals surface area contributed by atoms with Gasteiger partial charge in [-0.15, -0.1) is 0 Å². The molecule has 2 saturated heterocycles. The molecule has 0 radical (unpaired) electrons. The second kappa shape index (κ2) is 9.60. The number of sulfonamides is 1. The van der Waals surface area contributed by atoms with Gasteiger partial charge in [-0.05, 0) is 55.5 Å². The summed E-state index contributed by atoms with van der Waals surface area (Å²) < 4.78 is 26.0. The molecular weight excluding hydrogens is 396 g/mol. The van der Waals surface area contributed by atoms with Crippen LogP contribution in [-0.4, -0.2) is 67.3 Å². The molecule has 30 heavy (non-hydrogen) atoms. The molecule has 0 aromatic heterocycles. The second-order valence-corrected chi connectivity index (χ2v) is 10.4. The highest BCUT2D eigenvalue weighted by atomic mass is 32.2. The number of nitrogens with zero attached hydrogens (tertiary/aromatic N) is 2. The predicted octanol–water partition coefficient (Wildman–Crippen LogP) is 3.23.